The molecule has 0 saturated heterocycles. The standard InChI is InChI=1S/C9H2F15O10P3/c10-1(4(13)14)7(19,20)30-35(25,26)33-36(27,28)34-37(29,31-8(21,22)2(11)5(15)16)32-9(23,24)3(12)6(17)18/h(H,25,26)(H,27,28). The fraction of sp³-hybridized carbons (Fsp3) is 0.333. The molecule has 0 aliphatic rings. The summed E-state index contributed by atoms with van der Waals surface area (Å²) < 4.78 is 236. The molecule has 10 nitrogen and oxygen atoms in total. The summed E-state index contributed by atoms with van der Waals surface area (Å²) in [6.07, 6.45) is -31.6. The van der Waals surface area contributed by atoms with Crippen LogP contribution in [0.1, 0.15) is 0 Å². The predicted molar refractivity (Wildman–Crippen MR) is 78.6 cm³/mol. The zero-order valence-corrected chi connectivity index (χ0v) is 18.4. The lowest BCUT2D eigenvalue weighted by atomic mass is 10.5. The van der Waals surface area contributed by atoms with Gasteiger partial charge >= 0.3 is 60.0 Å². The van der Waals surface area contributed by atoms with Crippen LogP contribution in [0.5, 0.6) is 0 Å². The highest BCUT2D eigenvalue weighted by atomic mass is 31.3. The number of hydrogen-bond donors (Lipinski definition) is 2. The van der Waals surface area contributed by atoms with Crippen molar-refractivity contribution in [2.24, 2.45) is 0 Å². The summed E-state index contributed by atoms with van der Waals surface area (Å²) in [6, 6.07) is 0. The fourth-order valence-corrected chi connectivity index (χ4v) is 5.19. The summed E-state index contributed by atoms with van der Waals surface area (Å²) in [4.78, 5) is 17.8. The van der Waals surface area contributed by atoms with Gasteiger partial charge in [0.15, 0.2) is 0 Å². The van der Waals surface area contributed by atoms with Crippen molar-refractivity contribution in [3.05, 3.63) is 35.7 Å². The predicted octanol–water partition coefficient (Wildman–Crippen LogP) is 7.39. The molecule has 0 heterocycles. The van der Waals surface area contributed by atoms with E-state index in [1.807, 2.05) is 0 Å². The van der Waals surface area contributed by atoms with Crippen LogP contribution >= 0.6 is 23.5 Å². The first kappa shape index (κ1) is 35.6. The Bertz CT molecular complexity index is 1060. The molecule has 2 N–H and O–H groups in total. The molecule has 2 atom stereocenters. The molecule has 0 saturated carbocycles. The van der Waals surface area contributed by atoms with E-state index in [0.717, 1.165) is 0 Å². The van der Waals surface area contributed by atoms with Crippen LogP contribution in [-0.2, 0) is 35.9 Å². The summed E-state index contributed by atoms with van der Waals surface area (Å²) >= 11 is 0. The molecule has 0 aliphatic heterocycles. The van der Waals surface area contributed by atoms with Gasteiger partial charge in [0.25, 0.3) is 17.5 Å². The first-order chi connectivity index (χ1) is 16.1. The Balaban J connectivity index is 6.47. The molecule has 0 aliphatic carbocycles. The van der Waals surface area contributed by atoms with Gasteiger partial charge < -0.3 is 9.79 Å². The van der Waals surface area contributed by atoms with Crippen LogP contribution in [0.4, 0.5) is 65.9 Å². The van der Waals surface area contributed by atoms with Crippen molar-refractivity contribution < 1.29 is 112 Å². The molecule has 0 bridgehead atoms. The van der Waals surface area contributed by atoms with Crippen molar-refractivity contribution in [1.82, 2.24) is 0 Å². The molecule has 218 valence electrons. The van der Waals surface area contributed by atoms with Gasteiger partial charge in [-0.2, -0.15) is 74.5 Å². The van der Waals surface area contributed by atoms with Crippen molar-refractivity contribution in [3.63, 3.8) is 0 Å². The van der Waals surface area contributed by atoms with Crippen molar-refractivity contribution in [2.75, 3.05) is 0 Å². The van der Waals surface area contributed by atoms with E-state index in [1.165, 1.54) is 0 Å². The largest absolute Gasteiger partial charge is 0.493 e. The van der Waals surface area contributed by atoms with E-state index in [4.69, 9.17) is 9.79 Å². The van der Waals surface area contributed by atoms with Crippen molar-refractivity contribution >= 4 is 23.5 Å². The molecular formula is C9H2F15O10P3. The summed E-state index contributed by atoms with van der Waals surface area (Å²) in [5, 5.41) is 0. The van der Waals surface area contributed by atoms with Gasteiger partial charge in [-0.05, 0) is 0 Å². The third-order valence-electron chi connectivity index (χ3n) is 2.36. The number of phosphoric acid groups is 3. The Morgan fingerprint density at radius 3 is 1.03 bits per heavy atom. The van der Waals surface area contributed by atoms with Gasteiger partial charge in [-0.1, -0.05) is 0 Å². The second kappa shape index (κ2) is 11.8. The Hall–Kier alpha value is -1.42. The van der Waals surface area contributed by atoms with Crippen LogP contribution in [0.25, 0.3) is 0 Å². The van der Waals surface area contributed by atoms with E-state index in [9.17, 15) is 79.6 Å². The quantitative estimate of drug-likeness (QED) is 0.154. The minimum Gasteiger partial charge on any atom is -0.302 e. The zero-order valence-electron chi connectivity index (χ0n) is 15.7. The number of phosphoric ester groups is 2. The maximum Gasteiger partial charge on any atom is 0.493 e. The molecule has 0 spiro atoms. The minimum atomic E-state index is -7.97. The van der Waals surface area contributed by atoms with Gasteiger partial charge in [0.05, 0.1) is 0 Å². The van der Waals surface area contributed by atoms with Crippen molar-refractivity contribution in [2.45, 2.75) is 18.3 Å². The highest BCUT2D eigenvalue weighted by Gasteiger charge is 2.59. The third kappa shape index (κ3) is 10.7. The normalized spacial score (nSPS) is 16.5. The second-order valence-electron chi connectivity index (χ2n) is 5.09. The van der Waals surface area contributed by atoms with E-state index in [1.54, 1.807) is 0 Å². The van der Waals surface area contributed by atoms with Gasteiger partial charge in [0.1, 0.15) is 0 Å². The number of halogens is 15. The molecule has 0 fully saturated rings. The first-order valence-electron chi connectivity index (χ1n) is 7.17. The molecule has 0 amide bonds. The Kier molecular flexibility index (Phi) is 11.3. The molecule has 37 heavy (non-hydrogen) atoms. The molecule has 0 aromatic carbocycles. The average Bonchev–Trinajstić information content (AvgIpc) is 2.61. The highest BCUT2D eigenvalue weighted by molar-refractivity contribution is 7.67. The van der Waals surface area contributed by atoms with Crippen LogP contribution in [0, 0.1) is 0 Å². The van der Waals surface area contributed by atoms with Gasteiger partial charge in [-0.3, -0.25) is 0 Å². The number of alkyl halides is 6. The number of rotatable bonds is 13. The van der Waals surface area contributed by atoms with Crippen LogP contribution < -0.4 is 0 Å². The second-order valence-corrected chi connectivity index (χ2v) is 9.72. The van der Waals surface area contributed by atoms with E-state index in [2.05, 4.69) is 22.2 Å². The van der Waals surface area contributed by atoms with Crippen molar-refractivity contribution in [1.29, 1.82) is 0 Å². The van der Waals surface area contributed by atoms with E-state index >= 15 is 0 Å². The average molecular weight is 648 g/mol. The molecular weight excluding hydrogens is 646 g/mol. The fourth-order valence-electron chi connectivity index (χ4n) is 1.22. The summed E-state index contributed by atoms with van der Waals surface area (Å²) in [5.74, 6) is -12.4. The van der Waals surface area contributed by atoms with Crippen LogP contribution in [0.2, 0.25) is 0 Å². The number of hydrogen-bond acceptors (Lipinski definition) is 8. The molecule has 0 aromatic rings. The van der Waals surface area contributed by atoms with Gasteiger partial charge in [0, 0.05) is 0 Å². The Morgan fingerprint density at radius 1 is 0.486 bits per heavy atom. The molecule has 28 heteroatoms. The summed E-state index contributed by atoms with van der Waals surface area (Å²) in [7, 11) is -22.8. The molecule has 0 rings (SSSR count). The summed E-state index contributed by atoms with van der Waals surface area (Å²) in [5.41, 5.74) is 0. The minimum absolute atomic E-state index is 2.35. The molecule has 0 aromatic heterocycles. The lowest BCUT2D eigenvalue weighted by Gasteiger charge is -2.26. The van der Waals surface area contributed by atoms with Gasteiger partial charge in [-0.15, -0.1) is 0 Å². The van der Waals surface area contributed by atoms with Crippen LogP contribution in [0.15, 0.2) is 35.7 Å². The monoisotopic (exact) mass is 648 g/mol. The first-order valence-corrected chi connectivity index (χ1v) is 11.6. The SMILES string of the molecule is O=P(O)(OC(F)(F)C(F)=C(F)F)OP(=O)(O)OP(=O)(OC(F)(F)C(F)=C(F)F)OC(F)(F)C(F)=C(F)F. The van der Waals surface area contributed by atoms with E-state index in [0.29, 0.717) is 0 Å². The highest BCUT2D eigenvalue weighted by Crippen LogP contribution is 2.72. The van der Waals surface area contributed by atoms with Crippen LogP contribution in [0.3, 0.4) is 0 Å². The van der Waals surface area contributed by atoms with Gasteiger partial charge in [0.2, 0.25) is 0 Å². The van der Waals surface area contributed by atoms with Gasteiger partial charge in [-0.25, -0.2) is 27.3 Å². The summed E-state index contributed by atoms with van der Waals surface area (Å²) in [6.45, 7) is 0. The molecule has 2 unspecified atom stereocenters. The maximum absolute atomic E-state index is 13.3. The van der Waals surface area contributed by atoms with E-state index in [-0.39, 0.29) is 0 Å². The Morgan fingerprint density at radius 2 is 0.757 bits per heavy atom. The van der Waals surface area contributed by atoms with Crippen LogP contribution in [-0.4, -0.2) is 28.1 Å². The Labute approximate surface area is 190 Å². The van der Waals surface area contributed by atoms with E-state index < -0.39 is 77.5 Å². The third-order valence-corrected chi connectivity index (χ3v) is 7.00. The smallest absolute Gasteiger partial charge is 0.302 e. The topological polar surface area (TPSA) is 138 Å². The molecule has 0 radical (unpaired) electrons. The maximum atomic E-state index is 13.3. The zero-order chi connectivity index (χ0) is 30.0. The lowest BCUT2D eigenvalue weighted by molar-refractivity contribution is -0.208. The lowest BCUT2D eigenvalue weighted by Crippen LogP contribution is -2.27. The van der Waals surface area contributed by atoms with Crippen molar-refractivity contribution in [3.8, 4) is 0 Å².